The van der Waals surface area contributed by atoms with Gasteiger partial charge in [0.1, 0.15) is 0 Å². The van der Waals surface area contributed by atoms with Gasteiger partial charge in [-0.3, -0.25) is 0 Å². The minimum absolute atomic E-state index is 1.04. The van der Waals surface area contributed by atoms with Crippen LogP contribution in [0.25, 0.3) is 0 Å². The molecule has 0 amide bonds. The Morgan fingerprint density at radius 2 is 1.67 bits per heavy atom. The fourth-order valence-corrected chi connectivity index (χ4v) is 1.70. The molecule has 0 fully saturated rings. The molecule has 0 nitrogen and oxygen atoms in total. The van der Waals surface area contributed by atoms with E-state index < -0.39 is 0 Å². The molecule has 0 radical (unpaired) electrons. The van der Waals surface area contributed by atoms with Gasteiger partial charge in [0.15, 0.2) is 0 Å². The van der Waals surface area contributed by atoms with Gasteiger partial charge in [-0.1, -0.05) is 42.2 Å². The highest BCUT2D eigenvalue weighted by Gasteiger charge is 1.99. The van der Waals surface area contributed by atoms with E-state index in [9.17, 15) is 0 Å². The van der Waals surface area contributed by atoms with Gasteiger partial charge in [-0.15, -0.1) is 6.58 Å². The highest BCUT2D eigenvalue weighted by atomic mass is 14.1. The van der Waals surface area contributed by atoms with Gasteiger partial charge in [0.2, 0.25) is 0 Å². The van der Waals surface area contributed by atoms with Gasteiger partial charge in [0, 0.05) is 0 Å². The molecule has 0 aliphatic carbocycles. The van der Waals surface area contributed by atoms with Crippen molar-refractivity contribution < 1.29 is 0 Å². The molecule has 0 heterocycles. The van der Waals surface area contributed by atoms with E-state index >= 15 is 0 Å². The van der Waals surface area contributed by atoms with Crippen molar-refractivity contribution in [3.8, 4) is 0 Å². The van der Waals surface area contributed by atoms with Crippen LogP contribution in [0, 0.1) is 0 Å². The van der Waals surface area contributed by atoms with Crippen LogP contribution < -0.4 is 0 Å². The van der Waals surface area contributed by atoms with Gasteiger partial charge in [0.25, 0.3) is 0 Å². The van der Waals surface area contributed by atoms with Crippen LogP contribution in [0.1, 0.15) is 59.8 Å². The molecule has 0 bridgehead atoms. The van der Waals surface area contributed by atoms with E-state index in [0.717, 1.165) is 6.42 Å². The smallest absolute Gasteiger partial charge is 0.0142 e. The lowest BCUT2D eigenvalue weighted by Gasteiger charge is -2.08. The molecule has 0 aliphatic rings. The summed E-state index contributed by atoms with van der Waals surface area (Å²) in [6, 6.07) is 0. The molecule has 15 heavy (non-hydrogen) atoms. The second kappa shape index (κ2) is 8.52. The van der Waals surface area contributed by atoms with Crippen molar-refractivity contribution >= 4 is 0 Å². The summed E-state index contributed by atoms with van der Waals surface area (Å²) in [6.45, 7) is 12.7. The average molecular weight is 206 g/mol. The van der Waals surface area contributed by atoms with Crippen molar-refractivity contribution in [3.05, 3.63) is 35.5 Å². The first-order chi connectivity index (χ1) is 7.15. The Hall–Kier alpha value is -0.780. The molecule has 0 saturated heterocycles. The Morgan fingerprint density at radius 3 is 2.13 bits per heavy atom. The van der Waals surface area contributed by atoms with Gasteiger partial charge in [-0.2, -0.15) is 0 Å². The average Bonchev–Trinajstić information content (AvgIpc) is 2.24. The highest BCUT2D eigenvalue weighted by molar-refractivity contribution is 5.13. The van der Waals surface area contributed by atoms with Crippen molar-refractivity contribution in [2.45, 2.75) is 59.8 Å². The predicted octanol–water partition coefficient (Wildman–Crippen LogP) is 5.43. The Labute approximate surface area is 95.8 Å². The van der Waals surface area contributed by atoms with Crippen LogP contribution in [0.5, 0.6) is 0 Å². The molecule has 0 heteroatoms. The van der Waals surface area contributed by atoms with E-state index in [2.05, 4.69) is 40.3 Å². The lowest BCUT2D eigenvalue weighted by Crippen LogP contribution is -1.88. The van der Waals surface area contributed by atoms with Crippen LogP contribution in [0.2, 0.25) is 0 Å². The van der Waals surface area contributed by atoms with E-state index in [-0.39, 0.29) is 0 Å². The first kappa shape index (κ1) is 14.2. The molecular formula is C15H26. The lowest BCUT2D eigenvalue weighted by molar-refractivity contribution is 0.836. The van der Waals surface area contributed by atoms with Crippen molar-refractivity contribution in [1.29, 1.82) is 0 Å². The number of allylic oxidation sites excluding steroid dienone is 5. The maximum Gasteiger partial charge on any atom is -0.0142 e. The van der Waals surface area contributed by atoms with Crippen molar-refractivity contribution in [1.82, 2.24) is 0 Å². The summed E-state index contributed by atoms with van der Waals surface area (Å²) in [5, 5.41) is 0. The number of hydrogen-bond donors (Lipinski definition) is 0. The van der Waals surface area contributed by atoms with Crippen LogP contribution in [0.15, 0.2) is 35.5 Å². The van der Waals surface area contributed by atoms with E-state index in [1.807, 2.05) is 6.08 Å². The van der Waals surface area contributed by atoms with E-state index in [0.29, 0.717) is 0 Å². The lowest BCUT2D eigenvalue weighted by atomic mass is 9.98. The molecule has 0 saturated carbocycles. The molecule has 0 unspecified atom stereocenters. The highest BCUT2D eigenvalue weighted by Crippen LogP contribution is 2.19. The fraction of sp³-hybridized carbons (Fsp3) is 0.600. The van der Waals surface area contributed by atoms with Gasteiger partial charge in [-0.25, -0.2) is 0 Å². The molecule has 86 valence electrons. The minimum Gasteiger partial charge on any atom is -0.103 e. The predicted molar refractivity (Wildman–Crippen MR) is 71.1 cm³/mol. The molecule has 0 aliphatic heterocycles. The Morgan fingerprint density at radius 1 is 1.07 bits per heavy atom. The van der Waals surface area contributed by atoms with E-state index in [1.165, 1.54) is 31.3 Å². The van der Waals surface area contributed by atoms with Gasteiger partial charge in [0.05, 0.1) is 0 Å². The zero-order valence-electron chi connectivity index (χ0n) is 10.9. The zero-order valence-corrected chi connectivity index (χ0v) is 10.9. The number of hydrogen-bond acceptors (Lipinski definition) is 0. The monoisotopic (exact) mass is 206 g/mol. The van der Waals surface area contributed by atoms with Crippen molar-refractivity contribution in [2.24, 2.45) is 0 Å². The molecular weight excluding hydrogens is 180 g/mol. The quantitative estimate of drug-likeness (QED) is 0.487. The molecule has 0 atom stereocenters. The van der Waals surface area contributed by atoms with Crippen LogP contribution in [-0.4, -0.2) is 0 Å². The summed E-state index contributed by atoms with van der Waals surface area (Å²) in [5.41, 5.74) is 4.65. The molecule has 0 aromatic carbocycles. The second-order valence-electron chi connectivity index (χ2n) is 4.25. The minimum atomic E-state index is 1.04. The maximum absolute atomic E-state index is 3.79. The Bertz CT molecular complexity index is 241. The molecule has 0 aromatic rings. The maximum atomic E-state index is 3.79. The summed E-state index contributed by atoms with van der Waals surface area (Å²) in [7, 11) is 0. The summed E-state index contributed by atoms with van der Waals surface area (Å²) < 4.78 is 0. The molecule has 0 rings (SSSR count). The zero-order chi connectivity index (χ0) is 11.7. The van der Waals surface area contributed by atoms with Gasteiger partial charge < -0.3 is 0 Å². The fourth-order valence-electron chi connectivity index (χ4n) is 1.70. The van der Waals surface area contributed by atoms with Crippen molar-refractivity contribution in [2.75, 3.05) is 0 Å². The Kier molecular flexibility index (Phi) is 8.08. The first-order valence-corrected chi connectivity index (χ1v) is 6.05. The second-order valence-corrected chi connectivity index (χ2v) is 4.25. The Balaban J connectivity index is 4.13. The molecule has 0 N–H and O–H groups in total. The van der Waals surface area contributed by atoms with Gasteiger partial charge in [-0.05, 0) is 46.5 Å². The van der Waals surface area contributed by atoms with Gasteiger partial charge >= 0.3 is 0 Å². The van der Waals surface area contributed by atoms with Crippen molar-refractivity contribution in [3.63, 3.8) is 0 Å². The third kappa shape index (κ3) is 6.33. The normalized spacial score (nSPS) is 13.7. The molecule has 0 spiro atoms. The summed E-state index contributed by atoms with van der Waals surface area (Å²) in [6.07, 6.45) is 10.2. The topological polar surface area (TPSA) is 0 Å². The molecule has 0 aromatic heterocycles. The summed E-state index contributed by atoms with van der Waals surface area (Å²) in [4.78, 5) is 0. The summed E-state index contributed by atoms with van der Waals surface area (Å²) >= 11 is 0. The van der Waals surface area contributed by atoms with Crippen LogP contribution >= 0.6 is 0 Å². The van der Waals surface area contributed by atoms with Crippen LogP contribution in [0.3, 0.4) is 0 Å². The standard InChI is InChI=1S/C15H26/c1-6-9-13(4)14(5)11-12-15(8-3)10-7-2/h7-8H,2,6,9-12H2,1,3-5H3. The summed E-state index contributed by atoms with van der Waals surface area (Å²) in [5.74, 6) is 0. The first-order valence-electron chi connectivity index (χ1n) is 6.05. The third-order valence-corrected chi connectivity index (χ3v) is 2.99. The third-order valence-electron chi connectivity index (χ3n) is 2.99. The van der Waals surface area contributed by atoms with Crippen LogP contribution in [0.4, 0.5) is 0 Å². The SMILES string of the molecule is C=CCC(=CC)CCC(C)=C(C)CCC. The van der Waals surface area contributed by atoms with Crippen LogP contribution in [-0.2, 0) is 0 Å². The van der Waals surface area contributed by atoms with E-state index in [1.54, 1.807) is 11.1 Å². The number of rotatable bonds is 7. The van der Waals surface area contributed by atoms with E-state index in [4.69, 9.17) is 0 Å². The largest absolute Gasteiger partial charge is 0.103 e.